The fraction of sp³-hybridized carbons (Fsp3) is 0.500. The van der Waals surface area contributed by atoms with Crippen LogP contribution in [0.5, 0.6) is 0 Å². The third kappa shape index (κ3) is 1.77. The van der Waals surface area contributed by atoms with Crippen LogP contribution in [-0.4, -0.2) is 45.6 Å². The lowest BCUT2D eigenvalue weighted by Gasteiger charge is -2.22. The summed E-state index contributed by atoms with van der Waals surface area (Å²) < 4.78 is 7.39. The molecule has 16 heavy (non-hydrogen) atoms. The molecule has 6 nitrogen and oxygen atoms in total. The van der Waals surface area contributed by atoms with Crippen LogP contribution in [0.2, 0.25) is 0 Å². The van der Waals surface area contributed by atoms with Gasteiger partial charge in [0.15, 0.2) is 11.5 Å². The summed E-state index contributed by atoms with van der Waals surface area (Å²) in [6.45, 7) is 2.55. The second-order valence-corrected chi connectivity index (χ2v) is 3.81. The Balaban J connectivity index is 1.83. The molecule has 0 radical (unpaired) electrons. The van der Waals surface area contributed by atoms with Gasteiger partial charge in [0.05, 0.1) is 12.7 Å². The van der Waals surface area contributed by atoms with Crippen molar-refractivity contribution in [3.63, 3.8) is 0 Å². The van der Waals surface area contributed by atoms with Crippen molar-refractivity contribution < 1.29 is 4.74 Å². The van der Waals surface area contributed by atoms with Crippen LogP contribution in [0.25, 0.3) is 5.65 Å². The molecule has 1 fully saturated rings. The second kappa shape index (κ2) is 4.15. The van der Waals surface area contributed by atoms with Gasteiger partial charge in [0.2, 0.25) is 0 Å². The first kappa shape index (κ1) is 9.68. The molecule has 0 aromatic carbocycles. The first-order valence-electron chi connectivity index (χ1n) is 5.41. The minimum Gasteiger partial charge on any atom is -0.375 e. The Hall–Kier alpha value is -1.53. The summed E-state index contributed by atoms with van der Waals surface area (Å²) in [4.78, 5) is 0. The zero-order valence-electron chi connectivity index (χ0n) is 8.83. The van der Waals surface area contributed by atoms with Crippen LogP contribution >= 0.6 is 0 Å². The van der Waals surface area contributed by atoms with Gasteiger partial charge in [-0.15, -0.1) is 10.2 Å². The molecule has 2 aromatic rings. The molecule has 1 aliphatic rings. The van der Waals surface area contributed by atoms with Crippen LogP contribution in [0.4, 0.5) is 0 Å². The molecule has 1 unspecified atom stereocenters. The topological polar surface area (TPSA) is 64.3 Å². The van der Waals surface area contributed by atoms with Crippen molar-refractivity contribution in [1.82, 2.24) is 25.1 Å². The average molecular weight is 219 g/mol. The molecule has 1 aliphatic heterocycles. The second-order valence-electron chi connectivity index (χ2n) is 3.81. The minimum atomic E-state index is 0.170. The lowest BCUT2D eigenvalue weighted by atomic mass is 10.2. The van der Waals surface area contributed by atoms with Gasteiger partial charge in [-0.2, -0.15) is 9.61 Å². The lowest BCUT2D eigenvalue weighted by Crippen LogP contribution is -2.39. The third-order valence-corrected chi connectivity index (χ3v) is 2.66. The first-order chi connectivity index (χ1) is 7.93. The number of fused-ring (bicyclic) bond motifs is 1. The maximum atomic E-state index is 5.63. The number of rotatable bonds is 2. The van der Waals surface area contributed by atoms with E-state index < -0.39 is 0 Å². The van der Waals surface area contributed by atoms with Gasteiger partial charge in [-0.25, -0.2) is 0 Å². The van der Waals surface area contributed by atoms with Gasteiger partial charge in [-0.1, -0.05) is 0 Å². The molecule has 3 rings (SSSR count). The molecule has 0 saturated carbocycles. The van der Waals surface area contributed by atoms with Crippen molar-refractivity contribution in [1.29, 1.82) is 0 Å². The third-order valence-electron chi connectivity index (χ3n) is 2.66. The number of nitrogens with zero attached hydrogens (tertiary/aromatic N) is 4. The molecule has 84 valence electrons. The monoisotopic (exact) mass is 219 g/mol. The van der Waals surface area contributed by atoms with E-state index in [1.807, 2.05) is 12.1 Å². The Morgan fingerprint density at radius 1 is 1.50 bits per heavy atom. The van der Waals surface area contributed by atoms with Crippen LogP contribution in [0.3, 0.4) is 0 Å². The van der Waals surface area contributed by atoms with Crippen LogP contribution in [0.1, 0.15) is 5.82 Å². The van der Waals surface area contributed by atoms with E-state index in [1.54, 1.807) is 10.7 Å². The van der Waals surface area contributed by atoms with Gasteiger partial charge >= 0.3 is 0 Å². The lowest BCUT2D eigenvalue weighted by molar-refractivity contribution is 0.0277. The van der Waals surface area contributed by atoms with E-state index in [9.17, 15) is 0 Å². The van der Waals surface area contributed by atoms with Crippen molar-refractivity contribution >= 4 is 5.65 Å². The number of hydrogen-bond donors (Lipinski definition) is 1. The number of nitrogens with one attached hydrogen (secondary N) is 1. The van der Waals surface area contributed by atoms with Gasteiger partial charge in [0.25, 0.3) is 0 Å². The van der Waals surface area contributed by atoms with E-state index >= 15 is 0 Å². The maximum Gasteiger partial charge on any atom is 0.177 e. The van der Waals surface area contributed by atoms with Crippen LogP contribution in [0, 0.1) is 0 Å². The highest BCUT2D eigenvalue weighted by atomic mass is 16.5. The molecule has 0 amide bonds. The first-order valence-corrected chi connectivity index (χ1v) is 5.41. The average Bonchev–Trinajstić information content (AvgIpc) is 2.74. The Kier molecular flexibility index (Phi) is 2.51. The number of hydrogen-bond acceptors (Lipinski definition) is 5. The summed E-state index contributed by atoms with van der Waals surface area (Å²) in [6.07, 6.45) is 2.65. The normalized spacial score (nSPS) is 21.4. The van der Waals surface area contributed by atoms with E-state index in [0.29, 0.717) is 0 Å². The highest BCUT2D eigenvalue weighted by Gasteiger charge is 2.17. The van der Waals surface area contributed by atoms with Crippen molar-refractivity contribution in [2.24, 2.45) is 0 Å². The van der Waals surface area contributed by atoms with E-state index in [1.165, 1.54) is 0 Å². The molecule has 0 spiro atoms. The standard InChI is InChI=1S/C10H13N5O/c1-2-9-13-14-10(15(9)12-3-1)6-8-7-11-4-5-16-8/h1-3,8,11H,4-7H2. The molecule has 1 saturated heterocycles. The molecule has 6 heteroatoms. The number of morpholine rings is 1. The highest BCUT2D eigenvalue weighted by Crippen LogP contribution is 2.06. The summed E-state index contributed by atoms with van der Waals surface area (Å²) in [5.41, 5.74) is 0.779. The highest BCUT2D eigenvalue weighted by molar-refractivity contribution is 5.34. The van der Waals surface area contributed by atoms with Crippen LogP contribution in [-0.2, 0) is 11.2 Å². The molecule has 0 aliphatic carbocycles. The Bertz CT molecular complexity index is 477. The number of aromatic nitrogens is 4. The van der Waals surface area contributed by atoms with Crippen molar-refractivity contribution in [2.75, 3.05) is 19.7 Å². The molecule has 1 N–H and O–H groups in total. The van der Waals surface area contributed by atoms with Gasteiger partial charge in [-0.05, 0) is 12.1 Å². The van der Waals surface area contributed by atoms with Crippen molar-refractivity contribution in [3.8, 4) is 0 Å². The molecule has 3 heterocycles. The largest absolute Gasteiger partial charge is 0.375 e. The quantitative estimate of drug-likeness (QED) is 0.748. The predicted octanol–water partition coefficient (Wildman–Crippen LogP) is -0.345. The van der Waals surface area contributed by atoms with Crippen LogP contribution < -0.4 is 5.32 Å². The van der Waals surface area contributed by atoms with E-state index in [2.05, 4.69) is 20.6 Å². The minimum absolute atomic E-state index is 0.170. The summed E-state index contributed by atoms with van der Waals surface area (Å²) in [5, 5.41) is 15.7. The molecule has 2 aromatic heterocycles. The van der Waals surface area contributed by atoms with Crippen molar-refractivity contribution in [2.45, 2.75) is 12.5 Å². The van der Waals surface area contributed by atoms with E-state index in [0.717, 1.165) is 37.6 Å². The molecular formula is C10H13N5O. The predicted molar refractivity (Wildman–Crippen MR) is 57.1 cm³/mol. The summed E-state index contributed by atoms with van der Waals surface area (Å²) in [5.74, 6) is 0.851. The fourth-order valence-corrected chi connectivity index (χ4v) is 1.87. The summed E-state index contributed by atoms with van der Waals surface area (Å²) >= 11 is 0. The zero-order chi connectivity index (χ0) is 10.8. The zero-order valence-corrected chi connectivity index (χ0v) is 8.83. The summed E-state index contributed by atoms with van der Waals surface area (Å²) in [7, 11) is 0. The van der Waals surface area contributed by atoms with E-state index in [-0.39, 0.29) is 6.10 Å². The Labute approximate surface area is 92.6 Å². The Morgan fingerprint density at radius 2 is 2.50 bits per heavy atom. The maximum absolute atomic E-state index is 5.63. The number of ether oxygens (including phenoxy) is 1. The van der Waals surface area contributed by atoms with Gasteiger partial charge in [-0.3, -0.25) is 0 Å². The molecule has 0 bridgehead atoms. The van der Waals surface area contributed by atoms with Crippen LogP contribution in [0.15, 0.2) is 18.3 Å². The van der Waals surface area contributed by atoms with E-state index in [4.69, 9.17) is 4.74 Å². The van der Waals surface area contributed by atoms with Gasteiger partial charge in [0, 0.05) is 25.7 Å². The van der Waals surface area contributed by atoms with Crippen molar-refractivity contribution in [3.05, 3.63) is 24.2 Å². The molecule has 1 atom stereocenters. The van der Waals surface area contributed by atoms with Gasteiger partial charge in [0.1, 0.15) is 0 Å². The fourth-order valence-electron chi connectivity index (χ4n) is 1.87. The summed E-state index contributed by atoms with van der Waals surface area (Å²) in [6, 6.07) is 3.75. The smallest absolute Gasteiger partial charge is 0.177 e. The SMILES string of the molecule is c1cnn2c(CC3CNCCO3)nnc2c1. The van der Waals surface area contributed by atoms with Gasteiger partial charge < -0.3 is 10.1 Å². The molecular weight excluding hydrogens is 206 g/mol. The Morgan fingerprint density at radius 3 is 3.38 bits per heavy atom.